The quantitative estimate of drug-likeness (QED) is 0.845. The van der Waals surface area contributed by atoms with Gasteiger partial charge in [-0.1, -0.05) is 29.8 Å². The zero-order chi connectivity index (χ0) is 10.8. The fourth-order valence-electron chi connectivity index (χ4n) is 1.74. The van der Waals surface area contributed by atoms with Crippen LogP contribution in [0.4, 0.5) is 0 Å². The summed E-state index contributed by atoms with van der Waals surface area (Å²) in [6.45, 7) is 2.58. The van der Waals surface area contributed by atoms with E-state index in [0.29, 0.717) is 6.54 Å². The highest BCUT2D eigenvalue weighted by molar-refractivity contribution is 6.35. The van der Waals surface area contributed by atoms with Gasteiger partial charge in [0.25, 0.3) is 0 Å². The lowest BCUT2D eigenvalue weighted by Gasteiger charge is -2.06. The molecular formula is C12H13ClN2. The van der Waals surface area contributed by atoms with Crippen molar-refractivity contribution < 1.29 is 0 Å². The molecular weight excluding hydrogens is 208 g/mol. The van der Waals surface area contributed by atoms with E-state index in [2.05, 4.69) is 11.1 Å². The number of rotatable bonds is 2. The minimum atomic E-state index is 0.631. The van der Waals surface area contributed by atoms with Crippen LogP contribution in [0.5, 0.6) is 0 Å². The van der Waals surface area contributed by atoms with E-state index in [0.717, 1.165) is 28.0 Å². The standard InChI is InChI=1S/C12H13ClN2/c1-8-7-11(13)10-4-2-3-9(5-6-14)12(10)15-8/h2-4,7H,5-6,14H2,1H3. The molecule has 0 bridgehead atoms. The summed E-state index contributed by atoms with van der Waals surface area (Å²) in [5, 5.41) is 1.77. The van der Waals surface area contributed by atoms with Crippen LogP contribution < -0.4 is 5.73 Å². The van der Waals surface area contributed by atoms with Gasteiger partial charge in [-0.2, -0.15) is 0 Å². The number of halogens is 1. The van der Waals surface area contributed by atoms with Crippen LogP contribution in [0.3, 0.4) is 0 Å². The van der Waals surface area contributed by atoms with Gasteiger partial charge in [0, 0.05) is 11.1 Å². The molecule has 0 aliphatic carbocycles. The summed E-state index contributed by atoms with van der Waals surface area (Å²) in [6.07, 6.45) is 0.837. The maximum atomic E-state index is 6.16. The van der Waals surface area contributed by atoms with Gasteiger partial charge in [0.05, 0.1) is 10.5 Å². The molecule has 0 amide bonds. The predicted molar refractivity (Wildman–Crippen MR) is 64.2 cm³/mol. The Morgan fingerprint density at radius 3 is 2.93 bits per heavy atom. The molecule has 1 heterocycles. The largest absolute Gasteiger partial charge is 0.330 e. The molecule has 0 spiro atoms. The number of hydrogen-bond donors (Lipinski definition) is 1. The van der Waals surface area contributed by atoms with Crippen molar-refractivity contribution >= 4 is 22.5 Å². The fourth-order valence-corrected chi connectivity index (χ4v) is 2.05. The summed E-state index contributed by atoms with van der Waals surface area (Å²) in [4.78, 5) is 4.52. The van der Waals surface area contributed by atoms with Gasteiger partial charge in [-0.3, -0.25) is 4.98 Å². The Morgan fingerprint density at radius 1 is 1.40 bits per heavy atom. The Hall–Kier alpha value is -1.12. The van der Waals surface area contributed by atoms with E-state index < -0.39 is 0 Å². The monoisotopic (exact) mass is 220 g/mol. The van der Waals surface area contributed by atoms with E-state index in [9.17, 15) is 0 Å². The molecule has 0 radical (unpaired) electrons. The van der Waals surface area contributed by atoms with Gasteiger partial charge in [0.2, 0.25) is 0 Å². The molecule has 2 aromatic rings. The summed E-state index contributed by atoms with van der Waals surface area (Å²) < 4.78 is 0. The lowest BCUT2D eigenvalue weighted by Crippen LogP contribution is -2.03. The van der Waals surface area contributed by atoms with Crippen molar-refractivity contribution in [2.45, 2.75) is 13.3 Å². The van der Waals surface area contributed by atoms with Crippen LogP contribution in [0.25, 0.3) is 10.9 Å². The molecule has 0 aliphatic heterocycles. The van der Waals surface area contributed by atoms with Crippen molar-refractivity contribution in [1.82, 2.24) is 4.98 Å². The van der Waals surface area contributed by atoms with Crippen molar-refractivity contribution in [2.24, 2.45) is 5.73 Å². The predicted octanol–water partition coefficient (Wildman–Crippen LogP) is 2.70. The summed E-state index contributed by atoms with van der Waals surface area (Å²) in [5.41, 5.74) is 8.66. The average Bonchev–Trinajstić information content (AvgIpc) is 2.19. The van der Waals surface area contributed by atoms with Gasteiger partial charge >= 0.3 is 0 Å². The molecule has 3 heteroatoms. The minimum Gasteiger partial charge on any atom is -0.330 e. The Kier molecular flexibility index (Phi) is 2.89. The maximum Gasteiger partial charge on any atom is 0.0752 e. The van der Waals surface area contributed by atoms with Gasteiger partial charge < -0.3 is 5.73 Å². The molecule has 0 fully saturated rings. The van der Waals surface area contributed by atoms with E-state index in [-0.39, 0.29) is 0 Å². The first-order valence-electron chi connectivity index (χ1n) is 4.97. The number of aromatic nitrogens is 1. The maximum absolute atomic E-state index is 6.16. The van der Waals surface area contributed by atoms with Gasteiger partial charge in [-0.25, -0.2) is 0 Å². The molecule has 2 N–H and O–H groups in total. The first-order chi connectivity index (χ1) is 7.22. The summed E-state index contributed by atoms with van der Waals surface area (Å²) in [6, 6.07) is 7.93. The zero-order valence-corrected chi connectivity index (χ0v) is 9.38. The van der Waals surface area contributed by atoms with Crippen molar-refractivity contribution in [3.63, 3.8) is 0 Å². The van der Waals surface area contributed by atoms with Crippen molar-refractivity contribution in [2.75, 3.05) is 6.54 Å². The number of nitrogens with zero attached hydrogens (tertiary/aromatic N) is 1. The summed E-state index contributed by atoms with van der Waals surface area (Å²) >= 11 is 6.16. The highest BCUT2D eigenvalue weighted by Gasteiger charge is 2.05. The minimum absolute atomic E-state index is 0.631. The van der Waals surface area contributed by atoms with Crippen LogP contribution in [-0.4, -0.2) is 11.5 Å². The molecule has 1 aromatic heterocycles. The van der Waals surface area contributed by atoms with Crippen LogP contribution in [0.2, 0.25) is 5.02 Å². The van der Waals surface area contributed by atoms with Crippen LogP contribution >= 0.6 is 11.6 Å². The normalized spacial score (nSPS) is 10.9. The smallest absolute Gasteiger partial charge is 0.0752 e. The van der Waals surface area contributed by atoms with Crippen LogP contribution in [0.15, 0.2) is 24.3 Å². The second-order valence-corrected chi connectivity index (χ2v) is 4.00. The molecule has 2 rings (SSSR count). The molecule has 0 unspecified atom stereocenters. The Labute approximate surface area is 94.1 Å². The van der Waals surface area contributed by atoms with Crippen molar-refractivity contribution in [1.29, 1.82) is 0 Å². The first kappa shape index (κ1) is 10.4. The first-order valence-corrected chi connectivity index (χ1v) is 5.35. The summed E-state index contributed by atoms with van der Waals surface area (Å²) in [7, 11) is 0. The van der Waals surface area contributed by atoms with Crippen molar-refractivity contribution in [3.05, 3.63) is 40.5 Å². The Morgan fingerprint density at radius 2 is 2.20 bits per heavy atom. The number of fused-ring (bicyclic) bond motifs is 1. The second kappa shape index (κ2) is 4.17. The SMILES string of the molecule is Cc1cc(Cl)c2cccc(CCN)c2n1. The lowest BCUT2D eigenvalue weighted by molar-refractivity contribution is 0.972. The van der Waals surface area contributed by atoms with Gasteiger partial charge in [0.15, 0.2) is 0 Å². The third-order valence-electron chi connectivity index (χ3n) is 2.41. The summed E-state index contributed by atoms with van der Waals surface area (Å²) in [5.74, 6) is 0. The van der Waals surface area contributed by atoms with E-state index in [1.807, 2.05) is 25.1 Å². The fraction of sp³-hybridized carbons (Fsp3) is 0.250. The van der Waals surface area contributed by atoms with E-state index in [4.69, 9.17) is 17.3 Å². The van der Waals surface area contributed by atoms with Crippen LogP contribution in [-0.2, 0) is 6.42 Å². The molecule has 2 nitrogen and oxygen atoms in total. The lowest BCUT2D eigenvalue weighted by atomic mass is 10.1. The number of para-hydroxylation sites is 1. The number of nitrogens with two attached hydrogens (primary N) is 1. The van der Waals surface area contributed by atoms with Gasteiger partial charge in [0.1, 0.15) is 0 Å². The zero-order valence-electron chi connectivity index (χ0n) is 8.63. The Balaban J connectivity index is 2.73. The second-order valence-electron chi connectivity index (χ2n) is 3.60. The molecule has 0 saturated heterocycles. The number of benzene rings is 1. The molecule has 1 aromatic carbocycles. The van der Waals surface area contributed by atoms with Crippen LogP contribution in [0.1, 0.15) is 11.3 Å². The molecule has 0 atom stereocenters. The van der Waals surface area contributed by atoms with Gasteiger partial charge in [-0.05, 0) is 31.5 Å². The number of hydrogen-bond acceptors (Lipinski definition) is 2. The molecule has 15 heavy (non-hydrogen) atoms. The molecule has 0 saturated carbocycles. The average molecular weight is 221 g/mol. The highest BCUT2D eigenvalue weighted by atomic mass is 35.5. The van der Waals surface area contributed by atoms with E-state index in [1.165, 1.54) is 5.56 Å². The van der Waals surface area contributed by atoms with Crippen LogP contribution in [0, 0.1) is 6.92 Å². The molecule has 78 valence electrons. The third kappa shape index (κ3) is 1.96. The van der Waals surface area contributed by atoms with Gasteiger partial charge in [-0.15, -0.1) is 0 Å². The molecule has 0 aliphatic rings. The number of pyridine rings is 1. The topological polar surface area (TPSA) is 38.9 Å². The third-order valence-corrected chi connectivity index (χ3v) is 2.73. The highest BCUT2D eigenvalue weighted by Crippen LogP contribution is 2.25. The van der Waals surface area contributed by atoms with E-state index >= 15 is 0 Å². The number of aryl methyl sites for hydroxylation is 1. The van der Waals surface area contributed by atoms with E-state index in [1.54, 1.807) is 0 Å². The van der Waals surface area contributed by atoms with Crippen molar-refractivity contribution in [3.8, 4) is 0 Å². The Bertz CT molecular complexity index is 494.